The van der Waals surface area contributed by atoms with Crippen LogP contribution in [0.2, 0.25) is 0 Å². The Morgan fingerprint density at radius 3 is 2.86 bits per heavy atom. The van der Waals surface area contributed by atoms with E-state index in [0.29, 0.717) is 25.2 Å². The zero-order chi connectivity index (χ0) is 20.4. The Morgan fingerprint density at radius 2 is 2.07 bits per heavy atom. The van der Waals surface area contributed by atoms with E-state index in [1.54, 1.807) is 13.2 Å². The number of aliphatic hydroxyl groups excluding tert-OH is 1. The second-order valence-corrected chi connectivity index (χ2v) is 7.09. The lowest BCUT2D eigenvalue weighted by atomic mass is 10.1. The third-order valence-corrected chi connectivity index (χ3v) is 5.06. The number of aromatic nitrogens is 3. The molecule has 2 N–H and O–H groups in total. The second kappa shape index (κ2) is 8.10. The van der Waals surface area contributed by atoms with Crippen LogP contribution >= 0.6 is 0 Å². The minimum absolute atomic E-state index is 0.128. The van der Waals surface area contributed by atoms with Gasteiger partial charge in [-0.25, -0.2) is 9.37 Å². The highest BCUT2D eigenvalue weighted by Gasteiger charge is 2.31. The van der Waals surface area contributed by atoms with Gasteiger partial charge in [0.05, 0.1) is 18.8 Å². The van der Waals surface area contributed by atoms with Crippen LogP contribution in [0.3, 0.4) is 0 Å². The first-order chi connectivity index (χ1) is 14.0. The third-order valence-electron chi connectivity index (χ3n) is 5.06. The number of carbonyl (C=O) groups is 1. The maximum Gasteiger partial charge on any atom is 0.245 e. The van der Waals surface area contributed by atoms with Crippen molar-refractivity contribution in [1.82, 2.24) is 20.1 Å². The largest absolute Gasteiger partial charge is 0.372 e. The molecule has 0 spiro atoms. The Labute approximate surface area is 167 Å². The van der Waals surface area contributed by atoms with E-state index in [1.807, 2.05) is 42.5 Å². The Morgan fingerprint density at radius 1 is 1.28 bits per heavy atom. The quantitative estimate of drug-likeness (QED) is 0.646. The number of hydrogen-bond acceptors (Lipinski definition) is 5. The summed E-state index contributed by atoms with van der Waals surface area (Å²) in [6.07, 6.45) is 2.57. The molecule has 7 nitrogen and oxygen atoms in total. The number of fused-ring (bicyclic) bond motifs is 1. The SMILES string of the molecule is CN1C(=O)[C@H](NC(O)c2nn(Cc3ccccc3)cc2F)CCc2cccnc21. The van der Waals surface area contributed by atoms with Gasteiger partial charge in [0.15, 0.2) is 12.0 Å². The lowest BCUT2D eigenvalue weighted by Gasteiger charge is -2.23. The van der Waals surface area contributed by atoms with Crippen LogP contribution in [0.5, 0.6) is 0 Å². The number of halogens is 1. The van der Waals surface area contributed by atoms with Crippen molar-refractivity contribution in [2.45, 2.75) is 31.7 Å². The zero-order valence-electron chi connectivity index (χ0n) is 16.0. The number of aryl methyl sites for hydroxylation is 1. The van der Waals surface area contributed by atoms with Crippen LogP contribution in [0, 0.1) is 5.82 Å². The smallest absolute Gasteiger partial charge is 0.245 e. The van der Waals surface area contributed by atoms with Gasteiger partial charge in [-0.2, -0.15) is 5.10 Å². The number of amides is 1. The first kappa shape index (κ1) is 19.2. The summed E-state index contributed by atoms with van der Waals surface area (Å²) < 4.78 is 15.8. The monoisotopic (exact) mass is 395 g/mol. The van der Waals surface area contributed by atoms with Crippen LogP contribution < -0.4 is 10.2 Å². The van der Waals surface area contributed by atoms with Crippen molar-refractivity contribution in [2.24, 2.45) is 0 Å². The van der Waals surface area contributed by atoms with E-state index in [9.17, 15) is 14.3 Å². The molecule has 0 saturated carbocycles. The average molecular weight is 395 g/mol. The van der Waals surface area contributed by atoms with Gasteiger partial charge in [-0.05, 0) is 30.0 Å². The summed E-state index contributed by atoms with van der Waals surface area (Å²) in [5.74, 6) is -0.249. The van der Waals surface area contributed by atoms with Crippen molar-refractivity contribution in [3.8, 4) is 0 Å². The molecule has 3 heterocycles. The Balaban J connectivity index is 1.48. The minimum atomic E-state index is -1.40. The molecule has 3 aromatic rings. The van der Waals surface area contributed by atoms with E-state index in [4.69, 9.17) is 0 Å². The molecular weight excluding hydrogens is 373 g/mol. The summed E-state index contributed by atoms with van der Waals surface area (Å²) in [4.78, 5) is 18.5. The number of nitrogens with one attached hydrogen (secondary N) is 1. The molecule has 1 unspecified atom stereocenters. The molecule has 0 aliphatic carbocycles. The van der Waals surface area contributed by atoms with Crippen molar-refractivity contribution in [3.63, 3.8) is 0 Å². The topological polar surface area (TPSA) is 83.3 Å². The van der Waals surface area contributed by atoms with Crippen LogP contribution in [-0.2, 0) is 17.8 Å². The van der Waals surface area contributed by atoms with E-state index in [-0.39, 0.29) is 11.6 Å². The van der Waals surface area contributed by atoms with Gasteiger partial charge in [0, 0.05) is 13.2 Å². The van der Waals surface area contributed by atoms with Crippen LogP contribution in [-0.4, -0.2) is 38.9 Å². The molecule has 1 aromatic carbocycles. The average Bonchev–Trinajstić information content (AvgIpc) is 3.05. The summed E-state index contributed by atoms with van der Waals surface area (Å²) in [5, 5.41) is 17.5. The highest BCUT2D eigenvalue weighted by molar-refractivity contribution is 5.97. The van der Waals surface area contributed by atoms with Crippen molar-refractivity contribution in [3.05, 3.63) is 77.5 Å². The second-order valence-electron chi connectivity index (χ2n) is 7.09. The Bertz CT molecular complexity index is 1010. The molecule has 8 heteroatoms. The van der Waals surface area contributed by atoms with Crippen molar-refractivity contribution in [1.29, 1.82) is 0 Å². The summed E-state index contributed by atoms with van der Waals surface area (Å²) >= 11 is 0. The summed E-state index contributed by atoms with van der Waals surface area (Å²) in [6.45, 7) is 0.385. The van der Waals surface area contributed by atoms with Gasteiger partial charge in [-0.1, -0.05) is 36.4 Å². The van der Waals surface area contributed by atoms with Gasteiger partial charge < -0.3 is 5.11 Å². The maximum atomic E-state index is 14.4. The van der Waals surface area contributed by atoms with Gasteiger partial charge in [0.25, 0.3) is 0 Å². The fourth-order valence-corrected chi connectivity index (χ4v) is 3.56. The fraction of sp³-hybridized carbons (Fsp3) is 0.286. The number of hydrogen-bond donors (Lipinski definition) is 2. The van der Waals surface area contributed by atoms with Crippen molar-refractivity contribution < 1.29 is 14.3 Å². The molecule has 4 rings (SSSR count). The zero-order valence-corrected chi connectivity index (χ0v) is 16.0. The summed E-state index contributed by atoms with van der Waals surface area (Å²) in [5.41, 5.74) is 1.80. The highest BCUT2D eigenvalue weighted by Crippen LogP contribution is 2.24. The van der Waals surface area contributed by atoms with Crippen molar-refractivity contribution >= 4 is 11.7 Å². The minimum Gasteiger partial charge on any atom is -0.372 e. The molecule has 29 heavy (non-hydrogen) atoms. The number of anilines is 1. The number of benzene rings is 1. The molecule has 1 aliphatic rings. The van der Waals surface area contributed by atoms with Gasteiger partial charge in [0.2, 0.25) is 5.91 Å². The predicted octanol–water partition coefficient (Wildman–Crippen LogP) is 2.02. The standard InChI is InChI=1S/C21H22FN5O2/c1-26-19-15(8-5-11-23-19)9-10-17(21(26)29)24-20(28)18-16(22)13-27(25-18)12-14-6-3-2-4-7-14/h2-8,11,13,17,20,24,28H,9-10,12H2,1H3/t17-,20?/m1/s1. The summed E-state index contributed by atoms with van der Waals surface area (Å²) in [6, 6.07) is 12.6. The van der Waals surface area contributed by atoms with Crippen LogP contribution in [0.1, 0.15) is 29.5 Å². The number of carbonyl (C=O) groups excluding carboxylic acids is 1. The number of pyridine rings is 1. The van der Waals surface area contributed by atoms with Crippen LogP contribution in [0.15, 0.2) is 54.9 Å². The molecular formula is C21H22FN5O2. The van der Waals surface area contributed by atoms with E-state index < -0.39 is 18.1 Å². The predicted molar refractivity (Wildman–Crippen MR) is 106 cm³/mol. The molecule has 0 fully saturated rings. The van der Waals surface area contributed by atoms with Gasteiger partial charge in [-0.3, -0.25) is 19.7 Å². The maximum absolute atomic E-state index is 14.4. The third kappa shape index (κ3) is 4.03. The van der Waals surface area contributed by atoms with E-state index in [0.717, 1.165) is 11.1 Å². The fourth-order valence-electron chi connectivity index (χ4n) is 3.56. The first-order valence-corrected chi connectivity index (χ1v) is 9.45. The Hall–Kier alpha value is -3.10. The van der Waals surface area contributed by atoms with Crippen LogP contribution in [0.4, 0.5) is 10.2 Å². The lowest BCUT2D eigenvalue weighted by molar-refractivity contribution is -0.121. The molecule has 0 radical (unpaired) electrons. The molecule has 1 amide bonds. The molecule has 0 saturated heterocycles. The normalized spacial score (nSPS) is 17.7. The lowest BCUT2D eigenvalue weighted by Crippen LogP contribution is -2.46. The van der Waals surface area contributed by atoms with E-state index in [2.05, 4.69) is 15.4 Å². The van der Waals surface area contributed by atoms with Gasteiger partial charge >= 0.3 is 0 Å². The summed E-state index contributed by atoms with van der Waals surface area (Å²) in [7, 11) is 1.65. The molecule has 150 valence electrons. The number of aliphatic hydroxyl groups is 1. The number of rotatable bonds is 5. The highest BCUT2D eigenvalue weighted by atomic mass is 19.1. The first-order valence-electron chi connectivity index (χ1n) is 9.45. The molecule has 1 aliphatic heterocycles. The van der Waals surface area contributed by atoms with E-state index in [1.165, 1.54) is 15.8 Å². The van der Waals surface area contributed by atoms with Gasteiger partial charge in [-0.15, -0.1) is 0 Å². The van der Waals surface area contributed by atoms with Crippen molar-refractivity contribution in [2.75, 3.05) is 11.9 Å². The molecule has 2 aromatic heterocycles. The number of likely N-dealkylation sites (N-methyl/N-ethyl adjacent to an activating group) is 1. The molecule has 2 atom stereocenters. The number of nitrogens with zero attached hydrogens (tertiary/aromatic N) is 4. The molecule has 0 bridgehead atoms. The van der Waals surface area contributed by atoms with Gasteiger partial charge in [0.1, 0.15) is 11.5 Å². The van der Waals surface area contributed by atoms with Crippen LogP contribution in [0.25, 0.3) is 0 Å². The van der Waals surface area contributed by atoms with E-state index >= 15 is 0 Å². The Kier molecular flexibility index (Phi) is 5.37.